The summed E-state index contributed by atoms with van der Waals surface area (Å²) in [6.45, 7) is 0.403. The highest BCUT2D eigenvalue weighted by molar-refractivity contribution is 7.99. The summed E-state index contributed by atoms with van der Waals surface area (Å²) in [4.78, 5) is 39.9. The van der Waals surface area contributed by atoms with Crippen LogP contribution in [0.1, 0.15) is 16.8 Å². The monoisotopic (exact) mass is 377 g/mol. The van der Waals surface area contributed by atoms with Gasteiger partial charge in [0.15, 0.2) is 0 Å². The molecule has 1 saturated heterocycles. The fraction of sp³-hybridized carbons (Fsp3) is 0.333. The van der Waals surface area contributed by atoms with Gasteiger partial charge < -0.3 is 10.0 Å². The SMILES string of the molecule is O=C(O)CC1CSCCN1C(=O)c1ccc(-n2cncn2)c([N+](=O)[O-])c1. The molecule has 1 aliphatic rings. The van der Waals surface area contributed by atoms with E-state index in [0.717, 1.165) is 0 Å². The number of thioether (sulfide) groups is 1. The molecule has 1 N–H and O–H groups in total. The van der Waals surface area contributed by atoms with Gasteiger partial charge in [0.05, 0.1) is 17.4 Å². The lowest BCUT2D eigenvalue weighted by Gasteiger charge is -2.34. The third kappa shape index (κ3) is 3.67. The Bertz CT molecular complexity index is 841. The maximum Gasteiger partial charge on any atom is 0.305 e. The minimum Gasteiger partial charge on any atom is -0.481 e. The maximum atomic E-state index is 12.8. The van der Waals surface area contributed by atoms with Crippen molar-refractivity contribution in [3.05, 3.63) is 46.5 Å². The molecule has 1 atom stereocenters. The highest BCUT2D eigenvalue weighted by atomic mass is 32.2. The van der Waals surface area contributed by atoms with Gasteiger partial charge in [0.25, 0.3) is 11.6 Å². The van der Waals surface area contributed by atoms with Crippen LogP contribution in [0.3, 0.4) is 0 Å². The van der Waals surface area contributed by atoms with E-state index >= 15 is 0 Å². The van der Waals surface area contributed by atoms with Gasteiger partial charge in [-0.1, -0.05) is 0 Å². The molecule has 2 heterocycles. The Hall–Kier alpha value is -2.95. The van der Waals surface area contributed by atoms with Crippen molar-refractivity contribution >= 4 is 29.3 Å². The molecular weight excluding hydrogens is 362 g/mol. The third-order valence-electron chi connectivity index (χ3n) is 3.98. The number of nitrogens with zero attached hydrogens (tertiary/aromatic N) is 5. The van der Waals surface area contributed by atoms with Crippen molar-refractivity contribution in [3.8, 4) is 5.69 Å². The number of hydrogen-bond acceptors (Lipinski definition) is 7. The van der Waals surface area contributed by atoms with E-state index in [1.165, 1.54) is 40.4 Å². The first-order valence-electron chi connectivity index (χ1n) is 7.71. The quantitative estimate of drug-likeness (QED) is 0.607. The maximum absolute atomic E-state index is 12.8. The number of aromatic nitrogens is 3. The molecule has 0 aliphatic carbocycles. The fourth-order valence-corrected chi connectivity index (χ4v) is 3.85. The van der Waals surface area contributed by atoms with Gasteiger partial charge in [-0.25, -0.2) is 9.67 Å². The van der Waals surface area contributed by atoms with Crippen molar-refractivity contribution < 1.29 is 19.6 Å². The van der Waals surface area contributed by atoms with Gasteiger partial charge in [-0.15, -0.1) is 0 Å². The van der Waals surface area contributed by atoms with E-state index < -0.39 is 22.8 Å². The molecule has 1 unspecified atom stereocenters. The van der Waals surface area contributed by atoms with Crippen LogP contribution in [0.25, 0.3) is 5.69 Å². The minimum absolute atomic E-state index is 0.142. The number of carbonyl (C=O) groups excluding carboxylic acids is 1. The molecule has 1 aromatic carbocycles. The Morgan fingerprint density at radius 2 is 2.23 bits per heavy atom. The molecule has 11 heteroatoms. The van der Waals surface area contributed by atoms with Crippen molar-refractivity contribution in [2.45, 2.75) is 12.5 Å². The first kappa shape index (κ1) is 17.9. The van der Waals surface area contributed by atoms with Gasteiger partial charge in [-0.3, -0.25) is 19.7 Å². The van der Waals surface area contributed by atoms with E-state index in [0.29, 0.717) is 18.1 Å². The van der Waals surface area contributed by atoms with Crippen LogP contribution in [0, 0.1) is 10.1 Å². The zero-order valence-corrected chi connectivity index (χ0v) is 14.3. The van der Waals surface area contributed by atoms with Crippen molar-refractivity contribution in [1.82, 2.24) is 19.7 Å². The van der Waals surface area contributed by atoms with E-state index in [4.69, 9.17) is 5.11 Å². The summed E-state index contributed by atoms with van der Waals surface area (Å²) in [6.07, 6.45) is 2.43. The van der Waals surface area contributed by atoms with Crippen LogP contribution in [-0.4, -0.2) is 65.7 Å². The minimum atomic E-state index is -0.984. The Kier molecular flexibility index (Phi) is 5.16. The summed E-state index contributed by atoms with van der Waals surface area (Å²) in [6, 6.07) is 3.67. The van der Waals surface area contributed by atoms with Crippen molar-refractivity contribution in [2.75, 3.05) is 18.1 Å². The lowest BCUT2D eigenvalue weighted by Crippen LogP contribution is -2.47. The first-order valence-corrected chi connectivity index (χ1v) is 8.87. The Labute approximate surface area is 152 Å². The van der Waals surface area contributed by atoms with Crippen LogP contribution >= 0.6 is 11.8 Å². The second-order valence-corrected chi connectivity index (χ2v) is 6.78. The van der Waals surface area contributed by atoms with E-state index in [9.17, 15) is 19.7 Å². The summed E-state index contributed by atoms with van der Waals surface area (Å²) < 4.78 is 1.25. The average molecular weight is 377 g/mol. The van der Waals surface area contributed by atoms with Crippen LogP contribution in [-0.2, 0) is 4.79 Å². The van der Waals surface area contributed by atoms with Crippen LogP contribution in [0.5, 0.6) is 0 Å². The highest BCUT2D eigenvalue weighted by Gasteiger charge is 2.30. The zero-order chi connectivity index (χ0) is 18.7. The summed E-state index contributed by atoms with van der Waals surface area (Å²) in [5.74, 6) is -0.175. The number of benzene rings is 1. The smallest absolute Gasteiger partial charge is 0.305 e. The van der Waals surface area contributed by atoms with Crippen molar-refractivity contribution in [1.29, 1.82) is 0 Å². The summed E-state index contributed by atoms with van der Waals surface area (Å²) >= 11 is 1.59. The number of hydrogen-bond donors (Lipinski definition) is 1. The number of carbonyl (C=O) groups is 2. The fourth-order valence-electron chi connectivity index (χ4n) is 2.79. The molecule has 26 heavy (non-hydrogen) atoms. The van der Waals surface area contributed by atoms with Crippen molar-refractivity contribution in [3.63, 3.8) is 0 Å². The lowest BCUT2D eigenvalue weighted by atomic mass is 10.1. The molecule has 136 valence electrons. The van der Waals surface area contributed by atoms with Crippen LogP contribution in [0.15, 0.2) is 30.9 Å². The van der Waals surface area contributed by atoms with E-state index in [1.807, 2.05) is 0 Å². The topological polar surface area (TPSA) is 131 Å². The molecule has 0 saturated carbocycles. The molecule has 1 fully saturated rings. The summed E-state index contributed by atoms with van der Waals surface area (Å²) in [5, 5.41) is 24.3. The molecule has 0 bridgehead atoms. The lowest BCUT2D eigenvalue weighted by molar-refractivity contribution is -0.384. The molecule has 0 radical (unpaired) electrons. The number of aliphatic carboxylic acids is 1. The summed E-state index contributed by atoms with van der Waals surface area (Å²) in [5.41, 5.74) is 0.0608. The molecule has 1 amide bonds. The first-order chi connectivity index (χ1) is 12.5. The zero-order valence-electron chi connectivity index (χ0n) is 13.5. The van der Waals surface area contributed by atoms with Crippen molar-refractivity contribution in [2.24, 2.45) is 0 Å². The highest BCUT2D eigenvalue weighted by Crippen LogP contribution is 2.26. The van der Waals surface area contributed by atoms with Gasteiger partial charge in [0.1, 0.15) is 18.3 Å². The van der Waals surface area contributed by atoms with Gasteiger partial charge in [-0.2, -0.15) is 16.9 Å². The van der Waals surface area contributed by atoms with E-state index in [1.54, 1.807) is 11.8 Å². The number of nitro benzene ring substituents is 1. The Morgan fingerprint density at radius 1 is 1.42 bits per heavy atom. The summed E-state index contributed by atoms with van der Waals surface area (Å²) in [7, 11) is 0. The van der Waals surface area contributed by atoms with Gasteiger partial charge in [0.2, 0.25) is 0 Å². The standard InChI is InChI=1S/C15H15N5O5S/c21-14(22)6-11-7-26-4-3-18(11)15(23)10-1-2-12(13(5-10)20(24)25)19-9-16-8-17-19/h1-2,5,8-9,11H,3-4,6-7H2,(H,21,22). The van der Waals surface area contributed by atoms with Crippen LogP contribution in [0.2, 0.25) is 0 Å². The molecule has 3 rings (SSSR count). The van der Waals surface area contributed by atoms with Gasteiger partial charge in [0, 0.05) is 29.7 Å². The Morgan fingerprint density at radius 3 is 2.88 bits per heavy atom. The molecule has 2 aromatic rings. The molecular formula is C15H15N5O5S. The van der Waals surface area contributed by atoms with Gasteiger partial charge >= 0.3 is 5.97 Å². The predicted octanol–water partition coefficient (Wildman–Crippen LogP) is 1.21. The average Bonchev–Trinajstić information content (AvgIpc) is 3.15. The second kappa shape index (κ2) is 7.52. The third-order valence-corrected chi connectivity index (χ3v) is 5.08. The number of carboxylic acid groups (broad SMARTS) is 1. The van der Waals surface area contributed by atoms with E-state index in [-0.39, 0.29) is 23.4 Å². The molecule has 1 aliphatic heterocycles. The predicted molar refractivity (Wildman–Crippen MR) is 92.4 cm³/mol. The van der Waals surface area contributed by atoms with E-state index in [2.05, 4.69) is 10.1 Å². The molecule has 0 spiro atoms. The van der Waals surface area contributed by atoms with Crippen LogP contribution < -0.4 is 0 Å². The Balaban J connectivity index is 1.93. The number of nitro groups is 1. The normalized spacial score (nSPS) is 17.1. The number of carboxylic acids is 1. The van der Waals surface area contributed by atoms with Gasteiger partial charge in [-0.05, 0) is 12.1 Å². The van der Waals surface area contributed by atoms with Crippen LogP contribution in [0.4, 0.5) is 5.69 Å². The molecule has 10 nitrogen and oxygen atoms in total. The second-order valence-electron chi connectivity index (χ2n) is 5.63. The number of rotatable bonds is 5. The largest absolute Gasteiger partial charge is 0.481 e. The molecule has 1 aromatic heterocycles. The number of amides is 1.